The first-order valence-electron chi connectivity index (χ1n) is 4.96. The molecular weight excluding hydrogens is 208 g/mol. The van der Waals surface area contributed by atoms with E-state index >= 15 is 0 Å². The molecule has 1 aromatic carbocycles. The number of aliphatic hydroxyl groups excluding tert-OH is 1. The summed E-state index contributed by atoms with van der Waals surface area (Å²) >= 11 is 1.69. The number of hydrogen-bond acceptors (Lipinski definition) is 3. The summed E-state index contributed by atoms with van der Waals surface area (Å²) in [6.07, 6.45) is 4.28. The minimum absolute atomic E-state index is 0.608. The van der Waals surface area contributed by atoms with Crippen LogP contribution in [0.25, 0.3) is 0 Å². The average molecular weight is 222 g/mol. The first-order valence-corrected chi connectivity index (χ1v) is 6.18. The molecule has 1 heterocycles. The van der Waals surface area contributed by atoms with Gasteiger partial charge in [-0.25, -0.2) is 0 Å². The molecule has 1 aliphatic heterocycles. The Morgan fingerprint density at radius 3 is 2.60 bits per heavy atom. The molecule has 1 aliphatic rings. The molecule has 1 unspecified atom stereocenters. The Labute approximate surface area is 94.0 Å². The van der Waals surface area contributed by atoms with Gasteiger partial charge in [-0.15, -0.1) is 11.8 Å². The maximum absolute atomic E-state index is 9.98. The SMILES string of the molecule is CSc1ccc(C(O)C2=CCCO2)cc1. The minimum atomic E-state index is -0.608. The van der Waals surface area contributed by atoms with E-state index in [1.54, 1.807) is 11.8 Å². The predicted molar refractivity (Wildman–Crippen MR) is 61.8 cm³/mol. The summed E-state index contributed by atoms with van der Waals surface area (Å²) < 4.78 is 5.33. The third-order valence-electron chi connectivity index (χ3n) is 2.43. The van der Waals surface area contributed by atoms with Gasteiger partial charge in [0, 0.05) is 11.3 Å². The van der Waals surface area contributed by atoms with Gasteiger partial charge >= 0.3 is 0 Å². The van der Waals surface area contributed by atoms with E-state index in [1.165, 1.54) is 4.90 Å². The molecule has 2 nitrogen and oxygen atoms in total. The first-order chi connectivity index (χ1) is 7.31. The maximum Gasteiger partial charge on any atom is 0.136 e. The lowest BCUT2D eigenvalue weighted by Crippen LogP contribution is -2.01. The average Bonchev–Trinajstić information content (AvgIpc) is 2.82. The van der Waals surface area contributed by atoms with E-state index in [-0.39, 0.29) is 0 Å². The van der Waals surface area contributed by atoms with Crippen molar-refractivity contribution in [2.24, 2.45) is 0 Å². The number of ether oxygens (including phenoxy) is 1. The van der Waals surface area contributed by atoms with Gasteiger partial charge in [0.2, 0.25) is 0 Å². The number of rotatable bonds is 3. The second kappa shape index (κ2) is 4.73. The van der Waals surface area contributed by atoms with Crippen LogP contribution in [0.3, 0.4) is 0 Å². The Hall–Kier alpha value is -0.930. The van der Waals surface area contributed by atoms with Gasteiger partial charge in [0.15, 0.2) is 0 Å². The van der Waals surface area contributed by atoms with Crippen molar-refractivity contribution in [3.05, 3.63) is 41.7 Å². The zero-order valence-corrected chi connectivity index (χ0v) is 9.46. The van der Waals surface area contributed by atoms with Crippen LogP contribution in [0.1, 0.15) is 18.1 Å². The van der Waals surface area contributed by atoms with Crippen LogP contribution in [0.5, 0.6) is 0 Å². The standard InChI is InChI=1S/C12H14O2S/c1-15-10-6-4-9(5-7-10)12(13)11-3-2-8-14-11/h3-7,12-13H,2,8H2,1H3. The van der Waals surface area contributed by atoms with E-state index < -0.39 is 6.10 Å². The number of thioether (sulfide) groups is 1. The molecule has 0 bridgehead atoms. The third kappa shape index (κ3) is 2.36. The highest BCUT2D eigenvalue weighted by molar-refractivity contribution is 7.98. The van der Waals surface area contributed by atoms with Gasteiger partial charge < -0.3 is 9.84 Å². The lowest BCUT2D eigenvalue weighted by molar-refractivity contribution is 0.119. The van der Waals surface area contributed by atoms with Gasteiger partial charge in [-0.05, 0) is 30.0 Å². The van der Waals surface area contributed by atoms with Crippen molar-refractivity contribution in [3.63, 3.8) is 0 Å². The molecule has 3 heteroatoms. The predicted octanol–water partition coefficient (Wildman–Crippen LogP) is 2.75. The van der Waals surface area contributed by atoms with E-state index in [9.17, 15) is 5.11 Å². The molecule has 1 atom stereocenters. The third-order valence-corrected chi connectivity index (χ3v) is 3.18. The van der Waals surface area contributed by atoms with Gasteiger partial charge in [0.1, 0.15) is 11.9 Å². The first kappa shape index (κ1) is 10.6. The van der Waals surface area contributed by atoms with E-state index in [4.69, 9.17) is 4.74 Å². The largest absolute Gasteiger partial charge is 0.495 e. The molecule has 0 radical (unpaired) electrons. The molecule has 0 saturated carbocycles. The van der Waals surface area contributed by atoms with Crippen LogP contribution in [0.15, 0.2) is 41.0 Å². The molecule has 80 valence electrons. The van der Waals surface area contributed by atoms with Crippen molar-refractivity contribution in [1.29, 1.82) is 0 Å². The van der Waals surface area contributed by atoms with Crippen molar-refractivity contribution in [1.82, 2.24) is 0 Å². The van der Waals surface area contributed by atoms with Crippen LogP contribution in [0, 0.1) is 0 Å². The summed E-state index contributed by atoms with van der Waals surface area (Å²) in [4.78, 5) is 1.20. The highest BCUT2D eigenvalue weighted by Gasteiger charge is 2.17. The second-order valence-electron chi connectivity index (χ2n) is 3.42. The number of aliphatic hydroxyl groups is 1. The molecule has 0 fully saturated rings. The maximum atomic E-state index is 9.98. The lowest BCUT2D eigenvalue weighted by Gasteiger charge is -2.12. The molecule has 1 N–H and O–H groups in total. The summed E-state index contributed by atoms with van der Waals surface area (Å²) in [5.41, 5.74) is 0.890. The molecule has 2 rings (SSSR count). The Morgan fingerprint density at radius 1 is 1.33 bits per heavy atom. The van der Waals surface area contributed by atoms with Gasteiger partial charge in [-0.3, -0.25) is 0 Å². The second-order valence-corrected chi connectivity index (χ2v) is 4.30. The normalized spacial score (nSPS) is 17.1. The summed E-state index contributed by atoms with van der Waals surface area (Å²) in [6.45, 7) is 0.690. The van der Waals surface area contributed by atoms with E-state index in [0.29, 0.717) is 12.4 Å². The Balaban J connectivity index is 2.14. The molecule has 0 aromatic heterocycles. The van der Waals surface area contributed by atoms with Crippen molar-refractivity contribution in [3.8, 4) is 0 Å². The molecule has 0 amide bonds. The number of hydrogen-bond donors (Lipinski definition) is 1. The van der Waals surface area contributed by atoms with Gasteiger partial charge in [0.05, 0.1) is 6.61 Å². The summed E-state index contributed by atoms with van der Waals surface area (Å²) in [5, 5.41) is 9.98. The van der Waals surface area contributed by atoms with Gasteiger partial charge in [0.25, 0.3) is 0 Å². The van der Waals surface area contributed by atoms with Crippen LogP contribution in [0.4, 0.5) is 0 Å². The van der Waals surface area contributed by atoms with E-state index in [1.807, 2.05) is 36.6 Å². The summed E-state index contributed by atoms with van der Waals surface area (Å²) in [6, 6.07) is 7.91. The minimum Gasteiger partial charge on any atom is -0.495 e. The molecule has 0 aliphatic carbocycles. The van der Waals surface area contributed by atoms with Gasteiger partial charge in [-0.2, -0.15) is 0 Å². The van der Waals surface area contributed by atoms with Gasteiger partial charge in [-0.1, -0.05) is 12.1 Å². The van der Waals surface area contributed by atoms with Crippen LogP contribution >= 0.6 is 11.8 Å². The molecule has 0 spiro atoms. The monoisotopic (exact) mass is 222 g/mol. The fourth-order valence-corrected chi connectivity index (χ4v) is 1.99. The van der Waals surface area contributed by atoms with Crippen LogP contribution in [0.2, 0.25) is 0 Å². The van der Waals surface area contributed by atoms with Crippen molar-refractivity contribution < 1.29 is 9.84 Å². The van der Waals surface area contributed by atoms with Crippen molar-refractivity contribution in [2.75, 3.05) is 12.9 Å². The Morgan fingerprint density at radius 2 is 2.07 bits per heavy atom. The smallest absolute Gasteiger partial charge is 0.136 e. The summed E-state index contributed by atoms with van der Waals surface area (Å²) in [5.74, 6) is 0.687. The highest BCUT2D eigenvalue weighted by Crippen LogP contribution is 2.27. The van der Waals surface area contributed by atoms with Crippen molar-refractivity contribution >= 4 is 11.8 Å². The topological polar surface area (TPSA) is 29.5 Å². The molecule has 0 saturated heterocycles. The zero-order chi connectivity index (χ0) is 10.7. The van der Waals surface area contributed by atoms with E-state index in [0.717, 1.165) is 12.0 Å². The fraction of sp³-hybridized carbons (Fsp3) is 0.333. The van der Waals surface area contributed by atoms with Crippen LogP contribution in [-0.2, 0) is 4.74 Å². The van der Waals surface area contributed by atoms with E-state index in [2.05, 4.69) is 0 Å². The highest BCUT2D eigenvalue weighted by atomic mass is 32.2. The Kier molecular flexibility index (Phi) is 3.34. The van der Waals surface area contributed by atoms with Crippen LogP contribution in [-0.4, -0.2) is 18.0 Å². The van der Waals surface area contributed by atoms with Crippen LogP contribution < -0.4 is 0 Å². The van der Waals surface area contributed by atoms with Crippen molar-refractivity contribution in [2.45, 2.75) is 17.4 Å². The molecular formula is C12H14O2S. The Bertz CT molecular complexity index is 356. The summed E-state index contributed by atoms with van der Waals surface area (Å²) in [7, 11) is 0. The number of benzene rings is 1. The fourth-order valence-electron chi connectivity index (χ4n) is 1.58. The molecule has 15 heavy (non-hydrogen) atoms. The lowest BCUT2D eigenvalue weighted by atomic mass is 10.1. The molecule has 1 aromatic rings. The zero-order valence-electron chi connectivity index (χ0n) is 8.64. The quantitative estimate of drug-likeness (QED) is 0.797.